The molecule has 2 rings (SSSR count). The minimum absolute atomic E-state index is 0.344. The van der Waals surface area contributed by atoms with Gasteiger partial charge in [0, 0.05) is 12.6 Å². The summed E-state index contributed by atoms with van der Waals surface area (Å²) in [4.78, 5) is 0. The van der Waals surface area contributed by atoms with Crippen molar-refractivity contribution < 1.29 is 5.11 Å². The van der Waals surface area contributed by atoms with Gasteiger partial charge in [-0.3, -0.25) is 0 Å². The molecule has 0 saturated carbocycles. The molecule has 0 saturated heterocycles. The molecular formula is C18H23NO. The molecule has 0 radical (unpaired) electrons. The number of hydrogen-bond donors (Lipinski definition) is 2. The van der Waals surface area contributed by atoms with Crippen LogP contribution in [-0.4, -0.2) is 17.7 Å². The van der Waals surface area contributed by atoms with Crippen LogP contribution in [0, 0.1) is 6.92 Å². The lowest BCUT2D eigenvalue weighted by atomic mass is 10.0. The van der Waals surface area contributed by atoms with Crippen LogP contribution in [-0.2, 0) is 6.42 Å². The smallest absolute Gasteiger partial charge is 0.0914 e. The molecule has 2 heteroatoms. The highest BCUT2D eigenvalue weighted by molar-refractivity contribution is 5.22. The van der Waals surface area contributed by atoms with Crippen molar-refractivity contribution in [3.8, 4) is 0 Å². The zero-order valence-electron chi connectivity index (χ0n) is 12.2. The van der Waals surface area contributed by atoms with Crippen LogP contribution >= 0.6 is 0 Å². The first-order valence-electron chi connectivity index (χ1n) is 7.17. The maximum Gasteiger partial charge on any atom is 0.0914 e. The molecule has 2 N–H and O–H groups in total. The van der Waals surface area contributed by atoms with Gasteiger partial charge in [-0.25, -0.2) is 0 Å². The molecular weight excluding hydrogens is 246 g/mol. The maximum absolute atomic E-state index is 10.1. The molecule has 0 fully saturated rings. The van der Waals surface area contributed by atoms with Crippen molar-refractivity contribution in [3.05, 3.63) is 71.3 Å². The molecule has 20 heavy (non-hydrogen) atoms. The van der Waals surface area contributed by atoms with Crippen LogP contribution in [0.15, 0.2) is 54.6 Å². The molecule has 0 aliphatic carbocycles. The van der Waals surface area contributed by atoms with Crippen LogP contribution in [0.1, 0.15) is 29.7 Å². The summed E-state index contributed by atoms with van der Waals surface area (Å²) in [6.45, 7) is 4.83. The number of nitrogens with one attached hydrogen (secondary N) is 1. The van der Waals surface area contributed by atoms with Crippen LogP contribution < -0.4 is 5.32 Å². The molecule has 0 spiro atoms. The van der Waals surface area contributed by atoms with Gasteiger partial charge in [0.15, 0.2) is 0 Å². The first-order valence-corrected chi connectivity index (χ1v) is 7.17. The van der Waals surface area contributed by atoms with Crippen LogP contribution in [0.4, 0.5) is 0 Å². The van der Waals surface area contributed by atoms with E-state index in [1.165, 1.54) is 11.1 Å². The number of rotatable bonds is 6. The Kier molecular flexibility index (Phi) is 5.33. The second kappa shape index (κ2) is 7.22. The highest BCUT2D eigenvalue weighted by Crippen LogP contribution is 2.11. The first-order chi connectivity index (χ1) is 9.65. The van der Waals surface area contributed by atoms with E-state index in [9.17, 15) is 5.11 Å². The Morgan fingerprint density at radius 1 is 1.00 bits per heavy atom. The van der Waals surface area contributed by atoms with Crippen molar-refractivity contribution in [3.63, 3.8) is 0 Å². The number of hydrogen-bond acceptors (Lipinski definition) is 2. The summed E-state index contributed by atoms with van der Waals surface area (Å²) in [7, 11) is 0. The Bertz CT molecular complexity index is 507. The number of benzene rings is 2. The topological polar surface area (TPSA) is 32.3 Å². The second-order valence-electron chi connectivity index (χ2n) is 5.43. The molecule has 0 bridgehead atoms. The van der Waals surface area contributed by atoms with Gasteiger partial charge in [-0.05, 0) is 31.4 Å². The Balaban J connectivity index is 1.80. The predicted molar refractivity (Wildman–Crippen MR) is 83.7 cm³/mol. The number of aryl methyl sites for hydroxylation is 1. The molecule has 0 amide bonds. The van der Waals surface area contributed by atoms with Gasteiger partial charge in [0.2, 0.25) is 0 Å². The van der Waals surface area contributed by atoms with Crippen molar-refractivity contribution in [1.29, 1.82) is 0 Å². The van der Waals surface area contributed by atoms with Gasteiger partial charge in [0.25, 0.3) is 0 Å². The third-order valence-corrected chi connectivity index (χ3v) is 3.51. The Morgan fingerprint density at radius 2 is 1.65 bits per heavy atom. The summed E-state index contributed by atoms with van der Waals surface area (Å²) < 4.78 is 0. The summed E-state index contributed by atoms with van der Waals surface area (Å²) in [5, 5.41) is 13.5. The van der Waals surface area contributed by atoms with E-state index in [0.29, 0.717) is 12.6 Å². The first kappa shape index (κ1) is 14.8. The molecule has 2 atom stereocenters. The van der Waals surface area contributed by atoms with E-state index in [4.69, 9.17) is 0 Å². The van der Waals surface area contributed by atoms with E-state index < -0.39 is 6.10 Å². The fraction of sp³-hybridized carbons (Fsp3) is 0.333. The Morgan fingerprint density at radius 3 is 2.30 bits per heavy atom. The zero-order valence-corrected chi connectivity index (χ0v) is 12.2. The average molecular weight is 269 g/mol. The van der Waals surface area contributed by atoms with Crippen LogP contribution in [0.2, 0.25) is 0 Å². The second-order valence-corrected chi connectivity index (χ2v) is 5.43. The monoisotopic (exact) mass is 269 g/mol. The quantitative estimate of drug-likeness (QED) is 0.843. The zero-order chi connectivity index (χ0) is 14.4. The van der Waals surface area contributed by atoms with Crippen molar-refractivity contribution >= 4 is 0 Å². The van der Waals surface area contributed by atoms with Crippen LogP contribution in [0.25, 0.3) is 0 Å². The summed E-state index contributed by atoms with van der Waals surface area (Å²) in [6, 6.07) is 18.7. The van der Waals surface area contributed by atoms with Gasteiger partial charge in [-0.2, -0.15) is 0 Å². The normalized spacial score (nSPS) is 13.9. The molecule has 2 aromatic carbocycles. The number of aliphatic hydroxyl groups excluding tert-OH is 1. The third kappa shape index (κ3) is 4.48. The SMILES string of the molecule is Cc1ccc(CC(C)NCC(O)c2ccccc2)cc1. The van der Waals surface area contributed by atoms with Crippen molar-refractivity contribution in [2.24, 2.45) is 0 Å². The van der Waals surface area contributed by atoms with E-state index in [1.54, 1.807) is 0 Å². The summed E-state index contributed by atoms with van der Waals surface area (Å²) in [5.74, 6) is 0. The average Bonchev–Trinajstić information content (AvgIpc) is 2.48. The van der Waals surface area contributed by atoms with E-state index in [2.05, 4.69) is 43.4 Å². The lowest BCUT2D eigenvalue weighted by Gasteiger charge is -2.17. The fourth-order valence-electron chi connectivity index (χ4n) is 2.26. The summed E-state index contributed by atoms with van der Waals surface area (Å²) in [6.07, 6.45) is 0.526. The summed E-state index contributed by atoms with van der Waals surface area (Å²) >= 11 is 0. The minimum Gasteiger partial charge on any atom is -0.387 e. The minimum atomic E-state index is -0.448. The highest BCUT2D eigenvalue weighted by atomic mass is 16.3. The van der Waals surface area contributed by atoms with Gasteiger partial charge in [-0.1, -0.05) is 60.2 Å². The molecule has 106 valence electrons. The van der Waals surface area contributed by atoms with Gasteiger partial charge >= 0.3 is 0 Å². The van der Waals surface area contributed by atoms with Crippen molar-refractivity contribution in [2.45, 2.75) is 32.4 Å². The fourth-order valence-corrected chi connectivity index (χ4v) is 2.26. The molecule has 2 unspecified atom stereocenters. The standard InChI is InChI=1S/C18H23NO/c1-14-8-10-16(11-9-14)12-15(2)19-13-18(20)17-6-4-3-5-7-17/h3-11,15,18-20H,12-13H2,1-2H3. The molecule has 0 heterocycles. The lowest BCUT2D eigenvalue weighted by Crippen LogP contribution is -2.32. The highest BCUT2D eigenvalue weighted by Gasteiger charge is 2.09. The summed E-state index contributed by atoms with van der Waals surface area (Å²) in [5.41, 5.74) is 3.57. The molecule has 0 aromatic heterocycles. The molecule has 0 aliphatic rings. The van der Waals surface area contributed by atoms with E-state index in [-0.39, 0.29) is 0 Å². The molecule has 2 nitrogen and oxygen atoms in total. The van der Waals surface area contributed by atoms with Gasteiger partial charge in [0.1, 0.15) is 0 Å². The van der Waals surface area contributed by atoms with Crippen molar-refractivity contribution in [1.82, 2.24) is 5.32 Å². The molecule has 0 aliphatic heterocycles. The van der Waals surface area contributed by atoms with E-state index >= 15 is 0 Å². The predicted octanol–water partition coefficient (Wildman–Crippen LogP) is 3.25. The largest absolute Gasteiger partial charge is 0.387 e. The van der Waals surface area contributed by atoms with Crippen molar-refractivity contribution in [2.75, 3.05) is 6.54 Å². The van der Waals surface area contributed by atoms with Crippen LogP contribution in [0.3, 0.4) is 0 Å². The number of aliphatic hydroxyl groups is 1. The molecule has 2 aromatic rings. The van der Waals surface area contributed by atoms with Gasteiger partial charge < -0.3 is 10.4 Å². The maximum atomic E-state index is 10.1. The Labute approximate surface area is 121 Å². The van der Waals surface area contributed by atoms with Gasteiger partial charge in [0.05, 0.1) is 6.10 Å². The third-order valence-electron chi connectivity index (χ3n) is 3.51. The Hall–Kier alpha value is -1.64. The lowest BCUT2D eigenvalue weighted by molar-refractivity contribution is 0.170. The van der Waals surface area contributed by atoms with Crippen LogP contribution in [0.5, 0.6) is 0 Å². The van der Waals surface area contributed by atoms with E-state index in [1.807, 2.05) is 30.3 Å². The van der Waals surface area contributed by atoms with Gasteiger partial charge in [-0.15, -0.1) is 0 Å². The van der Waals surface area contributed by atoms with E-state index in [0.717, 1.165) is 12.0 Å².